The van der Waals surface area contributed by atoms with Crippen LogP contribution in [0, 0.1) is 13.8 Å². The first kappa shape index (κ1) is 13.6. The number of aromatic nitrogens is 3. The average molecular weight is 301 g/mol. The van der Waals surface area contributed by atoms with E-state index in [1.165, 1.54) is 0 Å². The largest absolute Gasteiger partial charge is 0.398 e. The van der Waals surface area contributed by atoms with Crippen LogP contribution in [-0.2, 0) is 0 Å². The Bertz CT molecular complexity index is 813. The summed E-state index contributed by atoms with van der Waals surface area (Å²) in [5, 5.41) is 4.44. The molecule has 21 heavy (non-hydrogen) atoms. The Kier molecular flexibility index (Phi) is 3.35. The molecule has 0 amide bonds. The van der Waals surface area contributed by atoms with Gasteiger partial charge in [0.05, 0.1) is 10.7 Å². The number of nitrogen functional groups attached to an aromatic ring is 1. The smallest absolute Gasteiger partial charge is 0.258 e. The Morgan fingerprint density at radius 2 is 2.00 bits per heavy atom. The van der Waals surface area contributed by atoms with Crippen LogP contribution >= 0.6 is 11.6 Å². The predicted octanol–water partition coefficient (Wildman–Crippen LogP) is 3.65. The summed E-state index contributed by atoms with van der Waals surface area (Å²) in [7, 11) is 0. The molecule has 106 valence electrons. The molecule has 0 saturated carbocycles. The molecule has 0 spiro atoms. The van der Waals surface area contributed by atoms with E-state index in [4.69, 9.17) is 21.9 Å². The van der Waals surface area contributed by atoms with Gasteiger partial charge in [-0.15, -0.1) is 0 Å². The van der Waals surface area contributed by atoms with E-state index in [2.05, 4.69) is 15.1 Å². The van der Waals surface area contributed by atoms with Gasteiger partial charge in [-0.1, -0.05) is 22.8 Å². The first-order chi connectivity index (χ1) is 10.0. The number of benzene rings is 1. The Morgan fingerprint density at radius 3 is 2.71 bits per heavy atom. The number of aryl methyl sites for hydroxylation is 2. The lowest BCUT2D eigenvalue weighted by Crippen LogP contribution is -1.91. The van der Waals surface area contributed by atoms with Crippen LogP contribution in [0.15, 0.2) is 35.0 Å². The van der Waals surface area contributed by atoms with Crippen molar-refractivity contribution in [2.45, 2.75) is 13.8 Å². The summed E-state index contributed by atoms with van der Waals surface area (Å²) >= 11 is 6.00. The van der Waals surface area contributed by atoms with Gasteiger partial charge in [0.15, 0.2) is 0 Å². The number of nitrogens with two attached hydrogens (primary N) is 1. The van der Waals surface area contributed by atoms with Gasteiger partial charge in [-0.05, 0) is 43.2 Å². The molecule has 2 N–H and O–H groups in total. The number of pyridine rings is 1. The van der Waals surface area contributed by atoms with Crippen molar-refractivity contribution in [3.8, 4) is 23.0 Å². The van der Waals surface area contributed by atoms with Crippen LogP contribution in [0.4, 0.5) is 5.69 Å². The monoisotopic (exact) mass is 300 g/mol. The zero-order valence-electron chi connectivity index (χ0n) is 11.6. The fourth-order valence-corrected chi connectivity index (χ4v) is 2.23. The minimum Gasteiger partial charge on any atom is -0.398 e. The summed E-state index contributed by atoms with van der Waals surface area (Å²) in [6.07, 6.45) is 1.78. The molecule has 0 aliphatic heterocycles. The number of nitrogens with zero attached hydrogens (tertiary/aromatic N) is 3. The Morgan fingerprint density at radius 1 is 1.19 bits per heavy atom. The van der Waals surface area contributed by atoms with Gasteiger partial charge in [-0.25, -0.2) is 0 Å². The molecule has 0 bridgehead atoms. The Hall–Kier alpha value is -2.40. The van der Waals surface area contributed by atoms with Crippen molar-refractivity contribution in [1.29, 1.82) is 0 Å². The molecule has 2 heterocycles. The summed E-state index contributed by atoms with van der Waals surface area (Å²) in [5.41, 5.74) is 9.71. The van der Waals surface area contributed by atoms with E-state index in [0.717, 1.165) is 16.7 Å². The number of hydrogen-bond acceptors (Lipinski definition) is 5. The molecular formula is C15H13ClN4O. The summed E-state index contributed by atoms with van der Waals surface area (Å²) in [6.45, 7) is 3.95. The van der Waals surface area contributed by atoms with E-state index in [1.807, 2.05) is 19.9 Å². The molecule has 0 saturated heterocycles. The third-order valence-electron chi connectivity index (χ3n) is 3.10. The van der Waals surface area contributed by atoms with Gasteiger partial charge < -0.3 is 10.3 Å². The predicted molar refractivity (Wildman–Crippen MR) is 81.9 cm³/mol. The summed E-state index contributed by atoms with van der Waals surface area (Å²) in [5.74, 6) is 0.837. The molecular weight excluding hydrogens is 288 g/mol. The Labute approximate surface area is 126 Å². The van der Waals surface area contributed by atoms with Crippen molar-refractivity contribution in [3.63, 3.8) is 0 Å². The summed E-state index contributed by atoms with van der Waals surface area (Å²) in [4.78, 5) is 8.73. The molecule has 0 aliphatic rings. The van der Waals surface area contributed by atoms with Gasteiger partial charge in [-0.3, -0.25) is 4.98 Å². The zero-order chi connectivity index (χ0) is 15.0. The first-order valence-corrected chi connectivity index (χ1v) is 6.75. The van der Waals surface area contributed by atoms with Crippen LogP contribution in [0.25, 0.3) is 23.0 Å². The Balaban J connectivity index is 2.01. The number of rotatable bonds is 2. The molecule has 0 aliphatic carbocycles. The second-order valence-electron chi connectivity index (χ2n) is 4.84. The molecule has 5 nitrogen and oxygen atoms in total. The van der Waals surface area contributed by atoms with Gasteiger partial charge in [-0.2, -0.15) is 4.98 Å². The second kappa shape index (κ2) is 5.18. The molecule has 3 aromatic rings. The van der Waals surface area contributed by atoms with Gasteiger partial charge in [0.2, 0.25) is 5.82 Å². The first-order valence-electron chi connectivity index (χ1n) is 6.37. The topological polar surface area (TPSA) is 77.8 Å². The van der Waals surface area contributed by atoms with Crippen LogP contribution in [0.5, 0.6) is 0 Å². The molecule has 0 atom stereocenters. The lowest BCUT2D eigenvalue weighted by Gasteiger charge is -2.00. The van der Waals surface area contributed by atoms with Crippen molar-refractivity contribution in [2.24, 2.45) is 0 Å². The van der Waals surface area contributed by atoms with Crippen LogP contribution in [0.3, 0.4) is 0 Å². The van der Waals surface area contributed by atoms with Crippen molar-refractivity contribution < 1.29 is 4.52 Å². The maximum atomic E-state index is 6.00. The van der Waals surface area contributed by atoms with Crippen LogP contribution in [-0.4, -0.2) is 15.1 Å². The van der Waals surface area contributed by atoms with E-state index in [1.54, 1.807) is 24.4 Å². The zero-order valence-corrected chi connectivity index (χ0v) is 12.3. The number of hydrogen-bond donors (Lipinski definition) is 1. The highest BCUT2D eigenvalue weighted by atomic mass is 35.5. The molecule has 2 aromatic heterocycles. The maximum absolute atomic E-state index is 6.00. The SMILES string of the molecule is Cc1cnc(-c2noc(-c3ccc(N)c(Cl)c3)n2)c(C)c1. The van der Waals surface area contributed by atoms with E-state index in [-0.39, 0.29) is 0 Å². The average Bonchev–Trinajstić information content (AvgIpc) is 2.91. The van der Waals surface area contributed by atoms with E-state index in [9.17, 15) is 0 Å². The highest BCUT2D eigenvalue weighted by molar-refractivity contribution is 6.33. The third-order valence-corrected chi connectivity index (χ3v) is 3.43. The van der Waals surface area contributed by atoms with Crippen LogP contribution in [0.1, 0.15) is 11.1 Å². The second-order valence-corrected chi connectivity index (χ2v) is 5.24. The van der Waals surface area contributed by atoms with Crippen molar-refractivity contribution in [1.82, 2.24) is 15.1 Å². The standard InChI is InChI=1S/C15H13ClN4O/c1-8-5-9(2)13(18-7-8)14-19-15(21-20-14)10-3-4-12(17)11(16)6-10/h3-7H,17H2,1-2H3. The molecule has 6 heteroatoms. The highest BCUT2D eigenvalue weighted by Gasteiger charge is 2.14. The normalized spacial score (nSPS) is 10.8. The molecule has 0 unspecified atom stereocenters. The van der Waals surface area contributed by atoms with Crippen molar-refractivity contribution in [3.05, 3.63) is 46.6 Å². The molecule has 3 rings (SSSR count). The number of anilines is 1. The summed E-state index contributed by atoms with van der Waals surface area (Å²) in [6, 6.07) is 7.22. The summed E-state index contributed by atoms with van der Waals surface area (Å²) < 4.78 is 5.28. The molecule has 0 fully saturated rings. The lowest BCUT2D eigenvalue weighted by atomic mass is 10.1. The van der Waals surface area contributed by atoms with Crippen LogP contribution < -0.4 is 5.73 Å². The fourth-order valence-electron chi connectivity index (χ4n) is 2.05. The van der Waals surface area contributed by atoms with E-state index >= 15 is 0 Å². The maximum Gasteiger partial charge on any atom is 0.258 e. The number of halogens is 1. The van der Waals surface area contributed by atoms with Crippen molar-refractivity contribution in [2.75, 3.05) is 5.73 Å². The van der Waals surface area contributed by atoms with Crippen molar-refractivity contribution >= 4 is 17.3 Å². The minimum atomic E-state index is 0.383. The minimum absolute atomic E-state index is 0.383. The highest BCUT2D eigenvalue weighted by Crippen LogP contribution is 2.27. The van der Waals surface area contributed by atoms with Gasteiger partial charge in [0.25, 0.3) is 5.89 Å². The fraction of sp³-hybridized carbons (Fsp3) is 0.133. The molecule has 1 aromatic carbocycles. The van der Waals surface area contributed by atoms with E-state index in [0.29, 0.717) is 28.1 Å². The quantitative estimate of drug-likeness (QED) is 0.731. The van der Waals surface area contributed by atoms with Crippen LogP contribution in [0.2, 0.25) is 5.02 Å². The lowest BCUT2D eigenvalue weighted by molar-refractivity contribution is 0.432. The molecule has 0 radical (unpaired) electrons. The van der Waals surface area contributed by atoms with Gasteiger partial charge >= 0.3 is 0 Å². The van der Waals surface area contributed by atoms with Gasteiger partial charge in [0.1, 0.15) is 5.69 Å². The van der Waals surface area contributed by atoms with E-state index < -0.39 is 0 Å². The third kappa shape index (κ3) is 2.60. The van der Waals surface area contributed by atoms with Gasteiger partial charge in [0, 0.05) is 11.8 Å².